The van der Waals surface area contributed by atoms with Gasteiger partial charge in [-0.15, -0.1) is 0 Å². The fraction of sp³-hybridized carbons (Fsp3) is 0.240. The average molecular weight is 432 g/mol. The second-order valence-electron chi connectivity index (χ2n) is 8.11. The normalized spacial score (nSPS) is 11.2. The molecule has 6 nitrogen and oxygen atoms in total. The first-order valence-corrected chi connectivity index (χ1v) is 10.4. The first-order chi connectivity index (χ1) is 15.3. The standard InChI is InChI=1S/C25H25FN4O2/c1-15-9-10-16(2)22(11-15)28-23(31)14-30-25(32)24-18(4)29(17(3)20(24)12-27-30)13-19-7-5-6-8-21(19)26/h5-12H,13-14H2,1-4H3,(H,28,31). The van der Waals surface area contributed by atoms with Crippen molar-refractivity contribution < 1.29 is 9.18 Å². The predicted octanol–water partition coefficient (Wildman–Crippen LogP) is 4.26. The third-order valence-corrected chi connectivity index (χ3v) is 5.85. The molecule has 1 N–H and O–H groups in total. The molecule has 164 valence electrons. The zero-order chi connectivity index (χ0) is 23.0. The smallest absolute Gasteiger partial charge is 0.276 e. The van der Waals surface area contributed by atoms with Gasteiger partial charge in [0.05, 0.1) is 18.1 Å². The number of amides is 1. The third-order valence-electron chi connectivity index (χ3n) is 5.85. The molecule has 0 atom stereocenters. The summed E-state index contributed by atoms with van der Waals surface area (Å²) in [5, 5.41) is 8.28. The molecule has 0 fully saturated rings. The van der Waals surface area contributed by atoms with E-state index in [2.05, 4.69) is 10.4 Å². The van der Waals surface area contributed by atoms with E-state index in [0.29, 0.717) is 28.6 Å². The van der Waals surface area contributed by atoms with E-state index in [0.717, 1.165) is 22.5 Å². The molecule has 0 radical (unpaired) electrons. The van der Waals surface area contributed by atoms with E-state index in [-0.39, 0.29) is 23.8 Å². The van der Waals surface area contributed by atoms with E-state index in [9.17, 15) is 14.0 Å². The first-order valence-electron chi connectivity index (χ1n) is 10.4. The quantitative estimate of drug-likeness (QED) is 0.512. The molecule has 2 heterocycles. The molecule has 1 amide bonds. The number of fused-ring (bicyclic) bond motifs is 1. The van der Waals surface area contributed by atoms with Gasteiger partial charge in [-0.1, -0.05) is 30.3 Å². The lowest BCUT2D eigenvalue weighted by Gasteiger charge is -2.10. The maximum atomic E-state index is 14.2. The van der Waals surface area contributed by atoms with Crippen LogP contribution in [-0.2, 0) is 17.9 Å². The molecule has 0 saturated heterocycles. The molecular weight excluding hydrogens is 407 g/mol. The van der Waals surface area contributed by atoms with Gasteiger partial charge in [-0.3, -0.25) is 9.59 Å². The minimum absolute atomic E-state index is 0.195. The highest BCUT2D eigenvalue weighted by Gasteiger charge is 2.18. The Labute approximate surface area is 185 Å². The lowest BCUT2D eigenvalue weighted by atomic mass is 10.1. The predicted molar refractivity (Wildman–Crippen MR) is 124 cm³/mol. The third kappa shape index (κ3) is 3.93. The van der Waals surface area contributed by atoms with E-state index >= 15 is 0 Å². The molecule has 7 heteroatoms. The summed E-state index contributed by atoms with van der Waals surface area (Å²) in [6.45, 7) is 7.69. The molecule has 4 rings (SSSR count). The molecule has 0 aliphatic carbocycles. The number of hydrogen-bond acceptors (Lipinski definition) is 3. The molecule has 0 saturated carbocycles. The van der Waals surface area contributed by atoms with Crippen molar-refractivity contribution in [3.8, 4) is 0 Å². The molecule has 0 spiro atoms. The number of nitrogens with one attached hydrogen (secondary N) is 1. The van der Waals surface area contributed by atoms with Crippen LogP contribution < -0.4 is 10.9 Å². The van der Waals surface area contributed by atoms with Crippen LogP contribution in [0.25, 0.3) is 10.8 Å². The number of rotatable bonds is 5. The topological polar surface area (TPSA) is 68.9 Å². The van der Waals surface area contributed by atoms with Crippen LogP contribution in [0.1, 0.15) is 28.1 Å². The number of carbonyl (C=O) groups is 1. The van der Waals surface area contributed by atoms with Crippen LogP contribution in [0.2, 0.25) is 0 Å². The molecular formula is C25H25FN4O2. The summed E-state index contributed by atoms with van der Waals surface area (Å²) in [6, 6.07) is 12.4. The molecule has 0 aliphatic rings. The fourth-order valence-corrected chi connectivity index (χ4v) is 3.99. The number of aryl methyl sites for hydroxylation is 4. The van der Waals surface area contributed by atoms with E-state index in [1.54, 1.807) is 24.4 Å². The molecule has 0 bridgehead atoms. The molecule has 2 aromatic heterocycles. The van der Waals surface area contributed by atoms with Crippen molar-refractivity contribution in [3.05, 3.63) is 92.9 Å². The Bertz CT molecular complexity index is 1400. The Hall–Kier alpha value is -3.74. The summed E-state index contributed by atoms with van der Waals surface area (Å²) in [4.78, 5) is 25.8. The van der Waals surface area contributed by atoms with Gasteiger partial charge in [0.25, 0.3) is 5.56 Å². The van der Waals surface area contributed by atoms with Gasteiger partial charge in [0.15, 0.2) is 0 Å². The van der Waals surface area contributed by atoms with Crippen LogP contribution in [0.5, 0.6) is 0 Å². The van der Waals surface area contributed by atoms with E-state index in [1.807, 2.05) is 50.5 Å². The van der Waals surface area contributed by atoms with Gasteiger partial charge in [-0.25, -0.2) is 9.07 Å². The Morgan fingerprint density at radius 3 is 2.56 bits per heavy atom. The zero-order valence-electron chi connectivity index (χ0n) is 18.6. The molecule has 0 unspecified atom stereocenters. The summed E-state index contributed by atoms with van der Waals surface area (Å²) < 4.78 is 17.3. The highest BCUT2D eigenvalue weighted by molar-refractivity contribution is 5.92. The highest BCUT2D eigenvalue weighted by atomic mass is 19.1. The summed E-state index contributed by atoms with van der Waals surface area (Å²) in [6.07, 6.45) is 1.60. The van der Waals surface area contributed by atoms with Crippen molar-refractivity contribution in [2.24, 2.45) is 0 Å². The van der Waals surface area contributed by atoms with Crippen LogP contribution in [0.15, 0.2) is 53.5 Å². The first kappa shape index (κ1) is 21.5. The Morgan fingerprint density at radius 1 is 1.06 bits per heavy atom. The van der Waals surface area contributed by atoms with E-state index in [1.165, 1.54) is 10.7 Å². The van der Waals surface area contributed by atoms with Gasteiger partial charge in [0.1, 0.15) is 12.4 Å². The summed E-state index contributed by atoms with van der Waals surface area (Å²) >= 11 is 0. The maximum absolute atomic E-state index is 14.2. The second kappa shape index (κ2) is 8.42. The average Bonchev–Trinajstić information content (AvgIpc) is 2.99. The van der Waals surface area contributed by atoms with Gasteiger partial charge >= 0.3 is 0 Å². The van der Waals surface area contributed by atoms with Gasteiger partial charge in [-0.2, -0.15) is 5.10 Å². The minimum atomic E-state index is -0.341. The van der Waals surface area contributed by atoms with E-state index in [4.69, 9.17) is 0 Å². The van der Waals surface area contributed by atoms with Crippen molar-refractivity contribution in [1.82, 2.24) is 14.3 Å². The fourth-order valence-electron chi connectivity index (χ4n) is 3.99. The van der Waals surface area contributed by atoms with Gasteiger partial charge < -0.3 is 9.88 Å². The summed E-state index contributed by atoms with van der Waals surface area (Å²) in [5.74, 6) is -0.615. The van der Waals surface area contributed by atoms with Gasteiger partial charge in [0, 0.05) is 28.0 Å². The Kier molecular flexibility index (Phi) is 5.65. The number of nitrogens with zero attached hydrogens (tertiary/aromatic N) is 3. The maximum Gasteiger partial charge on any atom is 0.276 e. The van der Waals surface area contributed by atoms with Gasteiger partial charge in [0.2, 0.25) is 5.91 Å². The number of hydrogen-bond donors (Lipinski definition) is 1. The summed E-state index contributed by atoms with van der Waals surface area (Å²) in [7, 11) is 0. The van der Waals surface area contributed by atoms with Crippen molar-refractivity contribution >= 4 is 22.4 Å². The SMILES string of the molecule is Cc1ccc(C)c(NC(=O)Cn2ncc3c(C)n(Cc4ccccc4F)c(C)c3c2=O)c1. The zero-order valence-corrected chi connectivity index (χ0v) is 18.6. The number of carbonyl (C=O) groups excluding carboxylic acids is 1. The molecule has 4 aromatic rings. The lowest BCUT2D eigenvalue weighted by molar-refractivity contribution is -0.117. The van der Waals surface area contributed by atoms with Crippen LogP contribution in [0.4, 0.5) is 10.1 Å². The van der Waals surface area contributed by atoms with Crippen molar-refractivity contribution in [2.75, 3.05) is 5.32 Å². The minimum Gasteiger partial charge on any atom is -0.343 e. The van der Waals surface area contributed by atoms with Crippen molar-refractivity contribution in [3.63, 3.8) is 0 Å². The van der Waals surface area contributed by atoms with Crippen LogP contribution >= 0.6 is 0 Å². The Morgan fingerprint density at radius 2 is 1.81 bits per heavy atom. The monoisotopic (exact) mass is 432 g/mol. The Balaban J connectivity index is 1.66. The number of halogens is 1. The molecule has 2 aromatic carbocycles. The number of anilines is 1. The van der Waals surface area contributed by atoms with Crippen LogP contribution in [-0.4, -0.2) is 20.3 Å². The van der Waals surface area contributed by atoms with Crippen molar-refractivity contribution in [2.45, 2.75) is 40.8 Å². The highest BCUT2D eigenvalue weighted by Crippen LogP contribution is 2.24. The summed E-state index contributed by atoms with van der Waals surface area (Å²) in [5.41, 5.74) is 4.44. The second-order valence-corrected chi connectivity index (χ2v) is 8.11. The number of aromatic nitrogens is 3. The van der Waals surface area contributed by atoms with Gasteiger partial charge in [-0.05, 0) is 51.0 Å². The van der Waals surface area contributed by atoms with Crippen molar-refractivity contribution in [1.29, 1.82) is 0 Å². The molecule has 0 aliphatic heterocycles. The largest absolute Gasteiger partial charge is 0.343 e. The van der Waals surface area contributed by atoms with Crippen LogP contribution in [0, 0.1) is 33.5 Å². The molecule has 32 heavy (non-hydrogen) atoms. The van der Waals surface area contributed by atoms with Crippen LogP contribution in [0.3, 0.4) is 0 Å². The number of benzene rings is 2. The van der Waals surface area contributed by atoms with E-state index < -0.39 is 0 Å². The lowest BCUT2D eigenvalue weighted by Crippen LogP contribution is -2.29.